The Hall–Kier alpha value is -0.880. The Bertz CT molecular complexity index is 495. The lowest BCUT2D eigenvalue weighted by Gasteiger charge is -2.26. The SMILES string of the molecule is CCOC(=O)C1CCC(CC(=O)Nc2cc(Br)cs2)CC1. The molecule has 0 bridgehead atoms. The molecule has 0 spiro atoms. The molecule has 0 unspecified atom stereocenters. The first-order valence-corrected chi connectivity index (χ1v) is 8.96. The highest BCUT2D eigenvalue weighted by atomic mass is 79.9. The van der Waals surface area contributed by atoms with E-state index in [4.69, 9.17) is 4.74 Å². The summed E-state index contributed by atoms with van der Waals surface area (Å²) >= 11 is 4.88. The van der Waals surface area contributed by atoms with Crippen molar-refractivity contribution < 1.29 is 14.3 Å². The average Bonchev–Trinajstić information content (AvgIpc) is 2.85. The standard InChI is InChI=1S/C15H20BrNO3S/c1-2-20-15(19)11-5-3-10(4-6-11)7-13(18)17-14-8-12(16)9-21-14/h8-11H,2-7H2,1H3,(H,17,18). The minimum absolute atomic E-state index is 0.0255. The summed E-state index contributed by atoms with van der Waals surface area (Å²) in [5.74, 6) is 0.379. The molecule has 1 amide bonds. The first-order chi connectivity index (χ1) is 10.1. The van der Waals surface area contributed by atoms with Crippen molar-refractivity contribution in [1.82, 2.24) is 0 Å². The van der Waals surface area contributed by atoms with Gasteiger partial charge in [-0.2, -0.15) is 0 Å². The number of ether oxygens (including phenoxy) is 1. The highest BCUT2D eigenvalue weighted by Crippen LogP contribution is 2.32. The molecule has 0 atom stereocenters. The van der Waals surface area contributed by atoms with Crippen LogP contribution in [0.1, 0.15) is 39.0 Å². The highest BCUT2D eigenvalue weighted by molar-refractivity contribution is 9.10. The first-order valence-electron chi connectivity index (χ1n) is 7.29. The number of carbonyl (C=O) groups is 2. The second kappa shape index (κ2) is 7.94. The van der Waals surface area contributed by atoms with Crippen LogP contribution in [0.4, 0.5) is 5.00 Å². The van der Waals surface area contributed by atoms with E-state index in [1.54, 1.807) is 0 Å². The Labute approximate surface area is 137 Å². The highest BCUT2D eigenvalue weighted by Gasteiger charge is 2.28. The van der Waals surface area contributed by atoms with Crippen molar-refractivity contribution >= 4 is 44.1 Å². The minimum atomic E-state index is -0.0798. The molecule has 0 aliphatic heterocycles. The number of esters is 1. The predicted octanol–water partition coefficient (Wildman–Crippen LogP) is 4.21. The Kier molecular flexibility index (Phi) is 6.23. The van der Waals surface area contributed by atoms with Gasteiger partial charge in [0, 0.05) is 16.3 Å². The minimum Gasteiger partial charge on any atom is -0.466 e. The van der Waals surface area contributed by atoms with Gasteiger partial charge in [-0.25, -0.2) is 0 Å². The van der Waals surface area contributed by atoms with E-state index in [-0.39, 0.29) is 17.8 Å². The maximum Gasteiger partial charge on any atom is 0.308 e. The van der Waals surface area contributed by atoms with Gasteiger partial charge in [-0.15, -0.1) is 11.3 Å². The van der Waals surface area contributed by atoms with Gasteiger partial charge in [0.1, 0.15) is 0 Å². The van der Waals surface area contributed by atoms with Gasteiger partial charge in [0.05, 0.1) is 17.5 Å². The zero-order valence-corrected chi connectivity index (χ0v) is 14.5. The molecular weight excluding hydrogens is 354 g/mol. The van der Waals surface area contributed by atoms with E-state index in [1.165, 1.54) is 11.3 Å². The molecular formula is C15H20BrNO3S. The summed E-state index contributed by atoms with van der Waals surface area (Å²) in [5, 5.41) is 5.73. The van der Waals surface area contributed by atoms with Gasteiger partial charge in [0.25, 0.3) is 0 Å². The van der Waals surface area contributed by atoms with Crippen LogP contribution in [0.25, 0.3) is 0 Å². The molecule has 1 aromatic rings. The number of hydrogen-bond acceptors (Lipinski definition) is 4. The molecule has 1 heterocycles. The summed E-state index contributed by atoms with van der Waals surface area (Å²) in [6, 6.07) is 1.90. The molecule has 1 aromatic heterocycles. The average molecular weight is 374 g/mol. The molecule has 2 rings (SSSR count). The van der Waals surface area contributed by atoms with Gasteiger partial charge >= 0.3 is 5.97 Å². The summed E-state index contributed by atoms with van der Waals surface area (Å²) in [5.41, 5.74) is 0. The van der Waals surface area contributed by atoms with Crippen LogP contribution in [0, 0.1) is 11.8 Å². The van der Waals surface area contributed by atoms with E-state index in [0.717, 1.165) is 35.2 Å². The fourth-order valence-corrected chi connectivity index (χ4v) is 4.03. The largest absolute Gasteiger partial charge is 0.466 e. The van der Waals surface area contributed by atoms with Crippen molar-refractivity contribution in [3.8, 4) is 0 Å². The van der Waals surface area contributed by atoms with Crippen LogP contribution >= 0.6 is 27.3 Å². The van der Waals surface area contributed by atoms with Gasteiger partial charge in [-0.3, -0.25) is 9.59 Å². The number of amides is 1. The van der Waals surface area contributed by atoms with Crippen molar-refractivity contribution in [1.29, 1.82) is 0 Å². The second-order valence-electron chi connectivity index (χ2n) is 5.35. The zero-order valence-electron chi connectivity index (χ0n) is 12.1. The Morgan fingerprint density at radius 2 is 2.10 bits per heavy atom. The summed E-state index contributed by atoms with van der Waals surface area (Å²) < 4.78 is 6.04. The molecule has 1 fully saturated rings. The number of anilines is 1. The molecule has 0 saturated heterocycles. The van der Waals surface area contributed by atoms with Crippen molar-refractivity contribution in [3.63, 3.8) is 0 Å². The number of halogens is 1. The second-order valence-corrected chi connectivity index (χ2v) is 7.18. The van der Waals surface area contributed by atoms with Crippen LogP contribution in [0.3, 0.4) is 0 Å². The van der Waals surface area contributed by atoms with Gasteiger partial charge in [-0.05, 0) is 60.5 Å². The monoisotopic (exact) mass is 373 g/mol. The molecule has 0 radical (unpaired) electrons. The molecule has 1 N–H and O–H groups in total. The molecule has 116 valence electrons. The van der Waals surface area contributed by atoms with E-state index < -0.39 is 0 Å². The van der Waals surface area contributed by atoms with E-state index >= 15 is 0 Å². The third-order valence-corrected chi connectivity index (χ3v) is 5.38. The van der Waals surface area contributed by atoms with Crippen molar-refractivity contribution in [2.24, 2.45) is 11.8 Å². The number of carbonyl (C=O) groups excluding carboxylic acids is 2. The number of thiophene rings is 1. The molecule has 1 aliphatic carbocycles. The quantitative estimate of drug-likeness (QED) is 0.786. The van der Waals surface area contributed by atoms with E-state index in [1.807, 2.05) is 18.4 Å². The lowest BCUT2D eigenvalue weighted by atomic mass is 9.80. The zero-order chi connectivity index (χ0) is 15.2. The number of hydrogen-bond donors (Lipinski definition) is 1. The molecule has 0 aromatic carbocycles. The van der Waals surface area contributed by atoms with Crippen LogP contribution in [0.15, 0.2) is 15.9 Å². The topological polar surface area (TPSA) is 55.4 Å². The maximum absolute atomic E-state index is 12.0. The van der Waals surface area contributed by atoms with E-state index in [0.29, 0.717) is 18.9 Å². The molecule has 1 aliphatic rings. The van der Waals surface area contributed by atoms with Gasteiger partial charge in [0.2, 0.25) is 5.91 Å². The Morgan fingerprint density at radius 1 is 1.38 bits per heavy atom. The van der Waals surface area contributed by atoms with Crippen LogP contribution in [-0.2, 0) is 14.3 Å². The summed E-state index contributed by atoms with van der Waals surface area (Å²) in [6.45, 7) is 2.27. The Morgan fingerprint density at radius 3 is 2.67 bits per heavy atom. The molecule has 6 heteroatoms. The van der Waals surface area contributed by atoms with Crippen LogP contribution in [0.5, 0.6) is 0 Å². The lowest BCUT2D eigenvalue weighted by molar-refractivity contribution is -0.149. The molecule has 4 nitrogen and oxygen atoms in total. The number of rotatable bonds is 5. The van der Waals surface area contributed by atoms with Gasteiger partial charge in [-0.1, -0.05) is 0 Å². The molecule has 1 saturated carbocycles. The summed E-state index contributed by atoms with van der Waals surface area (Å²) in [4.78, 5) is 23.7. The first kappa shape index (κ1) is 16.5. The van der Waals surface area contributed by atoms with Crippen molar-refractivity contribution in [3.05, 3.63) is 15.9 Å². The lowest BCUT2D eigenvalue weighted by Crippen LogP contribution is -2.26. The fourth-order valence-electron chi connectivity index (χ4n) is 2.69. The third-order valence-electron chi connectivity index (χ3n) is 3.77. The number of nitrogens with one attached hydrogen (secondary N) is 1. The van der Waals surface area contributed by atoms with Crippen LogP contribution in [0.2, 0.25) is 0 Å². The normalized spacial score (nSPS) is 21.8. The predicted molar refractivity (Wildman–Crippen MR) is 87.3 cm³/mol. The summed E-state index contributed by atoms with van der Waals surface area (Å²) in [6.07, 6.45) is 4.05. The maximum atomic E-state index is 12.0. The summed E-state index contributed by atoms with van der Waals surface area (Å²) in [7, 11) is 0. The van der Waals surface area contributed by atoms with Gasteiger partial charge in [0.15, 0.2) is 0 Å². The van der Waals surface area contributed by atoms with Crippen LogP contribution < -0.4 is 5.32 Å². The van der Waals surface area contributed by atoms with E-state index in [9.17, 15) is 9.59 Å². The molecule has 21 heavy (non-hydrogen) atoms. The van der Waals surface area contributed by atoms with E-state index in [2.05, 4.69) is 21.2 Å². The Balaban J connectivity index is 1.73. The van der Waals surface area contributed by atoms with Crippen molar-refractivity contribution in [2.75, 3.05) is 11.9 Å². The smallest absolute Gasteiger partial charge is 0.308 e. The fraction of sp³-hybridized carbons (Fsp3) is 0.600. The van der Waals surface area contributed by atoms with Gasteiger partial charge < -0.3 is 10.1 Å². The van der Waals surface area contributed by atoms with Crippen LogP contribution in [-0.4, -0.2) is 18.5 Å². The third kappa shape index (κ3) is 5.11. The van der Waals surface area contributed by atoms with Crippen molar-refractivity contribution in [2.45, 2.75) is 39.0 Å².